The number of amides is 2. The second-order valence-electron chi connectivity index (χ2n) is 5.19. The fourth-order valence-corrected chi connectivity index (χ4v) is 2.38. The Morgan fingerprint density at radius 1 is 1.35 bits per heavy atom. The highest BCUT2D eigenvalue weighted by Crippen LogP contribution is 2.22. The van der Waals surface area contributed by atoms with E-state index in [9.17, 15) is 23.2 Å². The summed E-state index contributed by atoms with van der Waals surface area (Å²) in [5.74, 6) is -2.35. The molecule has 0 spiro atoms. The predicted octanol–water partition coefficient (Wildman–Crippen LogP) is 1.65. The number of alkyl halides is 2. The van der Waals surface area contributed by atoms with Crippen LogP contribution in [0.2, 0.25) is 0 Å². The van der Waals surface area contributed by atoms with E-state index in [2.05, 4.69) is 5.32 Å². The van der Waals surface area contributed by atoms with Gasteiger partial charge in [0.2, 0.25) is 12.3 Å². The van der Waals surface area contributed by atoms with E-state index in [4.69, 9.17) is 5.11 Å². The Bertz CT molecular complexity index is 621. The fourth-order valence-electron chi connectivity index (χ4n) is 2.38. The van der Waals surface area contributed by atoms with Gasteiger partial charge in [0.25, 0.3) is 5.91 Å². The summed E-state index contributed by atoms with van der Waals surface area (Å²) in [6.07, 6.45) is -2.65. The summed E-state index contributed by atoms with van der Waals surface area (Å²) in [5, 5.41) is 11.0. The van der Waals surface area contributed by atoms with Crippen LogP contribution in [0.5, 0.6) is 0 Å². The van der Waals surface area contributed by atoms with Gasteiger partial charge in [-0.1, -0.05) is 6.07 Å². The van der Waals surface area contributed by atoms with Crippen molar-refractivity contribution in [3.8, 4) is 0 Å². The number of carbonyl (C=O) groups is 3. The summed E-state index contributed by atoms with van der Waals surface area (Å²) in [5.41, 5.74) is 0.642. The Kier molecular flexibility index (Phi) is 5.25. The first-order valence-corrected chi connectivity index (χ1v) is 7.10. The molecule has 0 radical (unpaired) electrons. The second kappa shape index (κ2) is 7.17. The van der Waals surface area contributed by atoms with Crippen LogP contribution in [0.3, 0.4) is 0 Å². The van der Waals surface area contributed by atoms with E-state index in [1.807, 2.05) is 0 Å². The van der Waals surface area contributed by atoms with Crippen LogP contribution in [0.1, 0.15) is 29.6 Å². The Labute approximate surface area is 131 Å². The quantitative estimate of drug-likeness (QED) is 0.832. The summed E-state index contributed by atoms with van der Waals surface area (Å²) >= 11 is 0. The summed E-state index contributed by atoms with van der Waals surface area (Å²) in [6, 6.07) is 4.42. The van der Waals surface area contributed by atoms with Gasteiger partial charge in [0.1, 0.15) is 6.04 Å². The lowest BCUT2D eigenvalue weighted by atomic mass is 10.1. The molecule has 2 rings (SSSR count). The molecule has 1 unspecified atom stereocenters. The molecule has 1 aliphatic rings. The number of benzene rings is 1. The number of rotatable bonds is 6. The van der Waals surface area contributed by atoms with Gasteiger partial charge in [0, 0.05) is 30.6 Å². The van der Waals surface area contributed by atoms with Crippen LogP contribution in [0.4, 0.5) is 14.5 Å². The molecule has 1 atom stereocenters. The molecule has 1 aliphatic heterocycles. The lowest BCUT2D eigenvalue weighted by molar-refractivity contribution is -0.140. The summed E-state index contributed by atoms with van der Waals surface area (Å²) in [6.45, 7) is 0.549. The van der Waals surface area contributed by atoms with Crippen LogP contribution in [-0.4, -0.2) is 41.9 Å². The van der Waals surface area contributed by atoms with Crippen molar-refractivity contribution in [3.63, 3.8) is 0 Å². The third-order valence-electron chi connectivity index (χ3n) is 3.51. The van der Waals surface area contributed by atoms with Crippen molar-refractivity contribution in [1.82, 2.24) is 5.32 Å². The van der Waals surface area contributed by atoms with Crippen molar-refractivity contribution in [2.75, 3.05) is 11.4 Å². The molecule has 124 valence electrons. The fraction of sp³-hybridized carbons (Fsp3) is 0.400. The molecule has 0 bridgehead atoms. The highest BCUT2D eigenvalue weighted by Gasteiger charge is 2.26. The van der Waals surface area contributed by atoms with Crippen molar-refractivity contribution in [2.45, 2.75) is 31.7 Å². The second-order valence-corrected chi connectivity index (χ2v) is 5.19. The molecule has 1 heterocycles. The van der Waals surface area contributed by atoms with E-state index in [1.165, 1.54) is 17.0 Å². The van der Waals surface area contributed by atoms with Crippen LogP contribution < -0.4 is 10.2 Å². The van der Waals surface area contributed by atoms with Gasteiger partial charge in [0.15, 0.2) is 0 Å². The number of nitrogens with zero attached hydrogens (tertiary/aromatic N) is 1. The van der Waals surface area contributed by atoms with Crippen LogP contribution in [0, 0.1) is 0 Å². The van der Waals surface area contributed by atoms with Crippen molar-refractivity contribution in [2.24, 2.45) is 0 Å². The molecule has 0 aromatic heterocycles. The average Bonchev–Trinajstić information content (AvgIpc) is 2.92. The molecule has 6 nitrogen and oxygen atoms in total. The number of hydrogen-bond acceptors (Lipinski definition) is 3. The standard InChI is InChI=1S/C15H16F2N2O4/c16-12(17)8-11(15(22)23)18-14(21)9-3-1-4-10(7-9)19-6-2-5-13(19)20/h1,3-4,7,11-12H,2,5-6,8H2,(H,18,21)(H,22,23). The van der Waals surface area contributed by atoms with Gasteiger partial charge in [-0.25, -0.2) is 13.6 Å². The Morgan fingerprint density at radius 3 is 2.65 bits per heavy atom. The zero-order valence-corrected chi connectivity index (χ0v) is 12.2. The lowest BCUT2D eigenvalue weighted by Gasteiger charge is -2.17. The van der Waals surface area contributed by atoms with E-state index >= 15 is 0 Å². The van der Waals surface area contributed by atoms with Crippen LogP contribution in [0.25, 0.3) is 0 Å². The van der Waals surface area contributed by atoms with Crippen LogP contribution in [-0.2, 0) is 9.59 Å². The number of carbonyl (C=O) groups excluding carboxylic acids is 2. The molecular formula is C15H16F2N2O4. The third-order valence-corrected chi connectivity index (χ3v) is 3.51. The van der Waals surface area contributed by atoms with Gasteiger partial charge in [-0.05, 0) is 24.6 Å². The predicted molar refractivity (Wildman–Crippen MR) is 77.5 cm³/mol. The Morgan fingerprint density at radius 2 is 2.09 bits per heavy atom. The maximum absolute atomic E-state index is 12.4. The molecule has 1 aromatic carbocycles. The molecule has 2 N–H and O–H groups in total. The first-order chi connectivity index (χ1) is 10.9. The largest absolute Gasteiger partial charge is 0.480 e. The third kappa shape index (κ3) is 4.24. The summed E-state index contributed by atoms with van der Waals surface area (Å²) < 4.78 is 24.7. The highest BCUT2D eigenvalue weighted by molar-refractivity contribution is 6.00. The number of halogens is 2. The van der Waals surface area contributed by atoms with E-state index < -0.39 is 30.8 Å². The number of aliphatic carboxylic acids is 1. The summed E-state index contributed by atoms with van der Waals surface area (Å²) in [4.78, 5) is 36.2. The van der Waals surface area contributed by atoms with Crippen LogP contribution in [0.15, 0.2) is 24.3 Å². The average molecular weight is 326 g/mol. The topological polar surface area (TPSA) is 86.7 Å². The SMILES string of the molecule is O=C(NC(CC(F)F)C(=O)O)c1cccc(N2CCCC2=O)c1. The number of hydrogen-bond donors (Lipinski definition) is 2. The molecule has 1 saturated heterocycles. The van der Waals surface area contributed by atoms with Gasteiger partial charge < -0.3 is 15.3 Å². The Balaban J connectivity index is 2.13. The van der Waals surface area contributed by atoms with Crippen molar-refractivity contribution in [3.05, 3.63) is 29.8 Å². The molecule has 1 aromatic rings. The van der Waals surface area contributed by atoms with Crippen molar-refractivity contribution in [1.29, 1.82) is 0 Å². The summed E-state index contributed by atoms with van der Waals surface area (Å²) in [7, 11) is 0. The first kappa shape index (κ1) is 16.9. The molecule has 0 saturated carbocycles. The van der Waals surface area contributed by atoms with E-state index in [0.29, 0.717) is 18.7 Å². The Hall–Kier alpha value is -2.51. The van der Waals surface area contributed by atoms with Crippen LogP contribution >= 0.6 is 0 Å². The van der Waals surface area contributed by atoms with Gasteiger partial charge in [-0.3, -0.25) is 9.59 Å². The van der Waals surface area contributed by atoms with Gasteiger partial charge >= 0.3 is 5.97 Å². The van der Waals surface area contributed by atoms with E-state index in [0.717, 1.165) is 6.42 Å². The lowest BCUT2D eigenvalue weighted by Crippen LogP contribution is -2.42. The molecule has 8 heteroatoms. The smallest absolute Gasteiger partial charge is 0.326 e. The molecular weight excluding hydrogens is 310 g/mol. The minimum Gasteiger partial charge on any atom is -0.480 e. The zero-order valence-electron chi connectivity index (χ0n) is 12.2. The highest BCUT2D eigenvalue weighted by atomic mass is 19.3. The minimum atomic E-state index is -2.84. The van der Waals surface area contributed by atoms with Gasteiger partial charge in [-0.2, -0.15) is 0 Å². The van der Waals surface area contributed by atoms with E-state index in [1.54, 1.807) is 12.1 Å². The normalized spacial score (nSPS) is 15.8. The number of nitrogens with one attached hydrogen (secondary N) is 1. The number of carboxylic acids is 1. The maximum Gasteiger partial charge on any atom is 0.326 e. The monoisotopic (exact) mass is 326 g/mol. The van der Waals surface area contributed by atoms with E-state index in [-0.39, 0.29) is 11.5 Å². The van der Waals surface area contributed by atoms with Crippen molar-refractivity contribution >= 4 is 23.5 Å². The molecule has 0 aliphatic carbocycles. The minimum absolute atomic E-state index is 0.0522. The number of anilines is 1. The maximum atomic E-state index is 12.4. The number of carboxylic acid groups (broad SMARTS) is 1. The molecule has 2 amide bonds. The molecule has 1 fully saturated rings. The van der Waals surface area contributed by atoms with Gasteiger partial charge in [0.05, 0.1) is 0 Å². The first-order valence-electron chi connectivity index (χ1n) is 7.10. The van der Waals surface area contributed by atoms with Crippen molar-refractivity contribution < 1.29 is 28.3 Å². The molecule has 23 heavy (non-hydrogen) atoms. The van der Waals surface area contributed by atoms with Gasteiger partial charge in [-0.15, -0.1) is 0 Å². The zero-order chi connectivity index (χ0) is 17.0.